The van der Waals surface area contributed by atoms with Gasteiger partial charge >= 0.3 is 0 Å². The molecule has 0 bridgehead atoms. The number of benzene rings is 6. The molecule has 8 rings (SSSR count). The second kappa shape index (κ2) is 10.4. The fourth-order valence-electron chi connectivity index (χ4n) is 6.35. The average molecular weight is 618 g/mol. The number of hydrogen-bond acceptors (Lipinski definition) is 5. The van der Waals surface area contributed by atoms with Crippen LogP contribution in [0.2, 0.25) is 5.02 Å². The highest BCUT2D eigenvalue weighted by atomic mass is 35.5. The smallest absolute Gasteiger partial charge is 0.278 e. The van der Waals surface area contributed by atoms with Gasteiger partial charge in [-0.2, -0.15) is 10.4 Å². The van der Waals surface area contributed by atoms with Gasteiger partial charge in [-0.25, -0.2) is 4.68 Å². The number of H-pyrrole nitrogens is 1. The van der Waals surface area contributed by atoms with Gasteiger partial charge in [0.25, 0.3) is 11.2 Å². The number of nitro benzene ring substituents is 1. The van der Waals surface area contributed by atoms with E-state index < -0.39 is 10.5 Å². The topological polar surface area (TPSA) is 118 Å². The molecule has 0 amide bonds. The first kappa shape index (κ1) is 27.3. The summed E-state index contributed by atoms with van der Waals surface area (Å²) in [4.78, 5) is 27.5. The van der Waals surface area contributed by atoms with Crippen LogP contribution >= 0.6 is 11.6 Å². The number of nitrogens with one attached hydrogen (secondary N) is 1. The summed E-state index contributed by atoms with van der Waals surface area (Å²) in [7, 11) is 0. The Balaban J connectivity index is 1.46. The van der Waals surface area contributed by atoms with Gasteiger partial charge in [-0.05, 0) is 62.6 Å². The van der Waals surface area contributed by atoms with Crippen molar-refractivity contribution in [3.63, 3.8) is 0 Å². The molecule has 46 heavy (non-hydrogen) atoms. The molecule has 0 fully saturated rings. The van der Waals surface area contributed by atoms with Crippen LogP contribution in [-0.4, -0.2) is 19.7 Å². The van der Waals surface area contributed by atoms with Gasteiger partial charge < -0.3 is 4.98 Å². The summed E-state index contributed by atoms with van der Waals surface area (Å²) in [5.41, 5.74) is 2.30. The van der Waals surface area contributed by atoms with Crippen LogP contribution in [0.4, 0.5) is 5.69 Å². The molecule has 6 aromatic carbocycles. The summed E-state index contributed by atoms with van der Waals surface area (Å²) < 4.78 is 1.67. The fourth-order valence-corrected chi connectivity index (χ4v) is 6.54. The predicted molar refractivity (Wildman–Crippen MR) is 181 cm³/mol. The van der Waals surface area contributed by atoms with Crippen LogP contribution in [0, 0.1) is 21.4 Å². The van der Waals surface area contributed by atoms with E-state index in [2.05, 4.69) is 47.5 Å². The van der Waals surface area contributed by atoms with E-state index in [1.165, 1.54) is 6.07 Å². The first-order valence-electron chi connectivity index (χ1n) is 14.4. The van der Waals surface area contributed by atoms with E-state index in [1.807, 2.05) is 30.3 Å². The summed E-state index contributed by atoms with van der Waals surface area (Å²) in [5, 5.41) is 34.2. The van der Waals surface area contributed by atoms with Crippen LogP contribution < -0.4 is 5.56 Å². The van der Waals surface area contributed by atoms with Crippen LogP contribution in [0.25, 0.3) is 71.6 Å². The molecule has 0 spiro atoms. The van der Waals surface area contributed by atoms with E-state index in [-0.39, 0.29) is 22.5 Å². The summed E-state index contributed by atoms with van der Waals surface area (Å²) in [6.07, 6.45) is 1.76. The molecule has 0 aliphatic heterocycles. The highest BCUT2D eigenvalue weighted by Gasteiger charge is 2.24. The summed E-state index contributed by atoms with van der Waals surface area (Å²) in [5.74, 6) is 0. The molecule has 218 valence electrons. The van der Waals surface area contributed by atoms with E-state index >= 15 is 0 Å². The number of nitro groups is 1. The molecule has 2 aromatic heterocycles. The minimum atomic E-state index is -0.662. The summed E-state index contributed by atoms with van der Waals surface area (Å²) in [6, 6.07) is 35.7. The zero-order valence-corrected chi connectivity index (χ0v) is 24.6. The first-order chi connectivity index (χ1) is 22.4. The minimum absolute atomic E-state index is 0.132. The van der Waals surface area contributed by atoms with Crippen molar-refractivity contribution in [1.29, 1.82) is 5.26 Å². The highest BCUT2D eigenvalue weighted by Crippen LogP contribution is 2.42. The quantitative estimate of drug-likeness (QED) is 0.118. The van der Waals surface area contributed by atoms with Crippen LogP contribution in [0.1, 0.15) is 5.56 Å². The lowest BCUT2D eigenvalue weighted by Crippen LogP contribution is -2.13. The number of nitriles is 1. The molecular weight excluding hydrogens is 598 g/mol. The molecule has 8 nitrogen and oxygen atoms in total. The average Bonchev–Trinajstić information content (AvgIpc) is 3.52. The molecule has 2 heterocycles. The maximum absolute atomic E-state index is 13.4. The van der Waals surface area contributed by atoms with E-state index in [0.29, 0.717) is 27.5 Å². The van der Waals surface area contributed by atoms with Crippen molar-refractivity contribution in [3.05, 3.63) is 146 Å². The highest BCUT2D eigenvalue weighted by molar-refractivity contribution is 6.30. The Labute approximate surface area is 265 Å². The molecule has 0 aliphatic carbocycles. The molecule has 0 saturated carbocycles. The zero-order valence-electron chi connectivity index (χ0n) is 23.9. The number of rotatable bonds is 5. The monoisotopic (exact) mass is 617 g/mol. The Morgan fingerprint density at radius 2 is 1.50 bits per heavy atom. The van der Waals surface area contributed by atoms with Gasteiger partial charge in [0.1, 0.15) is 17.3 Å². The molecule has 0 unspecified atom stereocenters. The standard InChI is InChI=1S/C37H20ClN5O3/c38-24-7-4-8-25(17-24)42-20-31(29-18-32(40-37(44)30(29)19-39)28-9-1-2-10-33(28)43(45)46)36(41-42)27-16-14-23-12-11-21-5-3-6-22-13-15-26(27)35(23)34(21)22/h1-18,20H,(H,40,44). The molecule has 0 aliphatic rings. The molecule has 9 heteroatoms. The number of halogens is 1. The molecular formula is C37H20ClN5O3. The van der Waals surface area contributed by atoms with Gasteiger partial charge in [0.15, 0.2) is 0 Å². The lowest BCUT2D eigenvalue weighted by Gasteiger charge is -2.14. The molecule has 0 radical (unpaired) electrons. The van der Waals surface area contributed by atoms with E-state index in [1.54, 1.807) is 47.3 Å². The third-order valence-electron chi connectivity index (χ3n) is 8.40. The summed E-state index contributed by atoms with van der Waals surface area (Å²) in [6.45, 7) is 0. The predicted octanol–water partition coefficient (Wildman–Crippen LogP) is 8.89. The van der Waals surface area contributed by atoms with Crippen molar-refractivity contribution < 1.29 is 4.92 Å². The van der Waals surface area contributed by atoms with Crippen molar-refractivity contribution in [2.75, 3.05) is 0 Å². The van der Waals surface area contributed by atoms with Gasteiger partial charge in [-0.3, -0.25) is 14.9 Å². The van der Waals surface area contributed by atoms with Crippen LogP contribution in [-0.2, 0) is 0 Å². The Bertz CT molecular complexity index is 2620. The third-order valence-corrected chi connectivity index (χ3v) is 8.63. The molecule has 0 saturated heterocycles. The van der Waals surface area contributed by atoms with Crippen LogP contribution in [0.3, 0.4) is 0 Å². The number of hydrogen-bond donors (Lipinski definition) is 1. The lowest BCUT2D eigenvalue weighted by molar-refractivity contribution is -0.384. The number of nitrogens with zero attached hydrogens (tertiary/aromatic N) is 4. The van der Waals surface area contributed by atoms with Crippen molar-refractivity contribution >= 4 is 49.6 Å². The van der Waals surface area contributed by atoms with E-state index in [0.717, 1.165) is 37.9 Å². The maximum atomic E-state index is 13.4. The van der Waals surface area contributed by atoms with Crippen molar-refractivity contribution in [3.8, 4) is 45.4 Å². The second-order valence-electron chi connectivity index (χ2n) is 11.0. The SMILES string of the molecule is N#Cc1c(-c2cn(-c3cccc(Cl)c3)nc2-c2ccc3ccc4cccc5ccc2c3c45)cc(-c2ccccc2[N+](=O)[O-])[nH]c1=O. The van der Waals surface area contributed by atoms with E-state index in [4.69, 9.17) is 16.7 Å². The Hall–Kier alpha value is -6.30. The zero-order chi connectivity index (χ0) is 31.5. The molecule has 0 atom stereocenters. The van der Waals surface area contributed by atoms with E-state index in [9.17, 15) is 20.2 Å². The Morgan fingerprint density at radius 3 is 2.26 bits per heavy atom. The number of pyridine rings is 1. The minimum Gasteiger partial charge on any atom is -0.321 e. The van der Waals surface area contributed by atoms with Gasteiger partial charge in [0.2, 0.25) is 0 Å². The van der Waals surface area contributed by atoms with Gasteiger partial charge in [0.05, 0.1) is 21.9 Å². The number of aromatic amines is 1. The van der Waals surface area contributed by atoms with Gasteiger partial charge in [-0.15, -0.1) is 0 Å². The van der Waals surface area contributed by atoms with Crippen molar-refractivity contribution in [2.45, 2.75) is 0 Å². The third kappa shape index (κ3) is 4.22. The Kier molecular flexibility index (Phi) is 6.17. The largest absolute Gasteiger partial charge is 0.321 e. The number of para-hydroxylation sites is 1. The molecule has 8 aromatic rings. The first-order valence-corrected chi connectivity index (χ1v) is 14.7. The van der Waals surface area contributed by atoms with Gasteiger partial charge in [-0.1, -0.05) is 84.4 Å². The van der Waals surface area contributed by atoms with Crippen LogP contribution in [0.15, 0.2) is 120 Å². The number of aromatic nitrogens is 3. The van der Waals surface area contributed by atoms with Crippen molar-refractivity contribution in [2.24, 2.45) is 0 Å². The maximum Gasteiger partial charge on any atom is 0.278 e. The molecule has 1 N–H and O–H groups in total. The normalized spacial score (nSPS) is 11.4. The Morgan fingerprint density at radius 1 is 0.783 bits per heavy atom. The lowest BCUT2D eigenvalue weighted by atomic mass is 9.89. The second-order valence-corrected chi connectivity index (χ2v) is 11.4. The van der Waals surface area contributed by atoms with Crippen LogP contribution in [0.5, 0.6) is 0 Å². The fraction of sp³-hybridized carbons (Fsp3) is 0. The summed E-state index contributed by atoms with van der Waals surface area (Å²) >= 11 is 6.35. The van der Waals surface area contributed by atoms with Crippen molar-refractivity contribution in [1.82, 2.24) is 14.8 Å². The van der Waals surface area contributed by atoms with Gasteiger partial charge in [0, 0.05) is 34.0 Å².